The molecular formula is C15H14F5N3O. The normalized spacial score (nSPS) is 11.6. The van der Waals surface area contributed by atoms with Gasteiger partial charge in [-0.1, -0.05) is 31.1 Å². The van der Waals surface area contributed by atoms with Crippen molar-refractivity contribution in [1.29, 1.82) is 0 Å². The summed E-state index contributed by atoms with van der Waals surface area (Å²) in [7, 11) is 0. The van der Waals surface area contributed by atoms with Crippen LogP contribution in [0.5, 0.6) is 0 Å². The Kier molecular flexibility index (Phi) is 5.20. The first kappa shape index (κ1) is 17.9. The van der Waals surface area contributed by atoms with Crippen molar-refractivity contribution in [3.8, 4) is 11.4 Å². The lowest BCUT2D eigenvalue weighted by Gasteiger charge is -2.10. The lowest BCUT2D eigenvalue weighted by Crippen LogP contribution is -2.13. The second-order valence-corrected chi connectivity index (χ2v) is 5.03. The van der Waals surface area contributed by atoms with Gasteiger partial charge in [-0.2, -0.15) is 18.2 Å². The average molecular weight is 347 g/mol. The molecule has 0 amide bonds. The maximum absolute atomic E-state index is 14.1. The third-order valence-corrected chi connectivity index (χ3v) is 3.15. The van der Waals surface area contributed by atoms with Crippen LogP contribution in [-0.2, 0) is 12.7 Å². The van der Waals surface area contributed by atoms with Crippen LogP contribution in [-0.4, -0.2) is 10.1 Å². The molecule has 0 atom stereocenters. The third kappa shape index (κ3) is 3.90. The fraction of sp³-hybridized carbons (Fsp3) is 0.333. The Morgan fingerprint density at radius 1 is 1.25 bits per heavy atom. The van der Waals surface area contributed by atoms with Gasteiger partial charge in [0.1, 0.15) is 0 Å². The van der Waals surface area contributed by atoms with Crippen LogP contribution in [0, 0.1) is 11.6 Å². The highest BCUT2D eigenvalue weighted by atomic mass is 19.4. The predicted octanol–water partition coefficient (Wildman–Crippen LogP) is 4.44. The van der Waals surface area contributed by atoms with Crippen molar-refractivity contribution in [2.45, 2.75) is 32.5 Å². The van der Waals surface area contributed by atoms with E-state index in [9.17, 15) is 22.0 Å². The van der Waals surface area contributed by atoms with Crippen LogP contribution in [0.15, 0.2) is 28.9 Å². The van der Waals surface area contributed by atoms with E-state index in [0.717, 1.165) is 12.5 Å². The van der Waals surface area contributed by atoms with Crippen molar-refractivity contribution in [2.75, 3.05) is 0 Å². The Labute approximate surface area is 134 Å². The quantitative estimate of drug-likeness (QED) is 0.785. The van der Waals surface area contributed by atoms with E-state index < -0.39 is 35.1 Å². The van der Waals surface area contributed by atoms with E-state index in [1.54, 1.807) is 0 Å². The maximum atomic E-state index is 14.1. The minimum Gasteiger partial charge on any atom is -0.385 e. The number of benzene rings is 1. The van der Waals surface area contributed by atoms with Crippen molar-refractivity contribution in [2.24, 2.45) is 0 Å². The van der Waals surface area contributed by atoms with Crippen LogP contribution < -0.4 is 5.32 Å². The second kappa shape index (κ2) is 6.98. The molecule has 0 saturated carbocycles. The first-order chi connectivity index (χ1) is 11.2. The molecule has 1 aromatic carbocycles. The molecule has 0 aliphatic rings. The number of rotatable bonds is 6. The largest absolute Gasteiger partial charge is 0.471 e. The SMILES string of the molecule is C=C(CCC)NCc1ccc(-c2noc(C(F)(F)F)n2)c(F)c1F. The van der Waals surface area contributed by atoms with Gasteiger partial charge in [-0.05, 0) is 12.5 Å². The van der Waals surface area contributed by atoms with Crippen LogP contribution in [0.4, 0.5) is 22.0 Å². The van der Waals surface area contributed by atoms with E-state index >= 15 is 0 Å². The Bertz CT molecular complexity index is 739. The van der Waals surface area contributed by atoms with E-state index in [1.165, 1.54) is 6.07 Å². The van der Waals surface area contributed by atoms with Gasteiger partial charge in [-0.25, -0.2) is 8.78 Å². The molecular weight excluding hydrogens is 333 g/mol. The maximum Gasteiger partial charge on any atom is 0.471 e. The number of nitrogens with zero attached hydrogens (tertiary/aromatic N) is 2. The molecule has 0 aliphatic heterocycles. The van der Waals surface area contributed by atoms with Crippen LogP contribution in [0.2, 0.25) is 0 Å². The summed E-state index contributed by atoms with van der Waals surface area (Å²) in [5.41, 5.74) is 0.172. The highest BCUT2D eigenvalue weighted by molar-refractivity contribution is 5.56. The van der Waals surface area contributed by atoms with Crippen molar-refractivity contribution in [3.05, 3.63) is 47.5 Å². The summed E-state index contributed by atoms with van der Waals surface area (Å²) < 4.78 is 69.4. The molecule has 24 heavy (non-hydrogen) atoms. The van der Waals surface area contributed by atoms with Gasteiger partial charge in [0.05, 0.1) is 5.56 Å². The Balaban J connectivity index is 2.24. The molecule has 2 rings (SSSR count). The molecule has 4 nitrogen and oxygen atoms in total. The van der Waals surface area contributed by atoms with E-state index in [-0.39, 0.29) is 12.1 Å². The summed E-state index contributed by atoms with van der Waals surface area (Å²) in [6.07, 6.45) is -3.32. The number of halogens is 5. The average Bonchev–Trinajstić information content (AvgIpc) is 2.99. The minimum absolute atomic E-state index is 0.00190. The second-order valence-electron chi connectivity index (χ2n) is 5.03. The molecule has 0 unspecified atom stereocenters. The van der Waals surface area contributed by atoms with Gasteiger partial charge in [0, 0.05) is 17.8 Å². The number of hydrogen-bond acceptors (Lipinski definition) is 4. The molecule has 130 valence electrons. The summed E-state index contributed by atoms with van der Waals surface area (Å²) in [6, 6.07) is 2.34. The number of alkyl halides is 3. The zero-order valence-electron chi connectivity index (χ0n) is 12.7. The summed E-state index contributed by atoms with van der Waals surface area (Å²) >= 11 is 0. The van der Waals surface area contributed by atoms with Gasteiger partial charge in [-0.3, -0.25) is 0 Å². The Morgan fingerprint density at radius 2 is 1.96 bits per heavy atom. The van der Waals surface area contributed by atoms with Crippen LogP contribution >= 0.6 is 0 Å². The molecule has 0 bridgehead atoms. The highest BCUT2D eigenvalue weighted by Gasteiger charge is 2.38. The monoisotopic (exact) mass is 347 g/mol. The molecule has 1 N–H and O–H groups in total. The van der Waals surface area contributed by atoms with Crippen LogP contribution in [0.3, 0.4) is 0 Å². The summed E-state index contributed by atoms with van der Waals surface area (Å²) in [5, 5.41) is 5.89. The van der Waals surface area contributed by atoms with Crippen molar-refractivity contribution < 1.29 is 26.5 Å². The van der Waals surface area contributed by atoms with E-state index in [1.807, 2.05) is 6.92 Å². The first-order valence-electron chi connectivity index (χ1n) is 7.03. The number of allylic oxidation sites excluding steroid dienone is 1. The van der Waals surface area contributed by atoms with E-state index in [4.69, 9.17) is 0 Å². The van der Waals surface area contributed by atoms with E-state index in [2.05, 4.69) is 26.6 Å². The standard InChI is InChI=1S/C15H14F5N3O/c1-3-4-8(2)21-7-9-5-6-10(12(17)11(9)16)13-22-14(24-23-13)15(18,19)20/h5-6,21H,2-4,7H2,1H3. The van der Waals surface area contributed by atoms with Gasteiger partial charge >= 0.3 is 12.1 Å². The molecule has 1 heterocycles. The van der Waals surface area contributed by atoms with Crippen molar-refractivity contribution in [1.82, 2.24) is 15.5 Å². The van der Waals surface area contributed by atoms with Gasteiger partial charge in [0.15, 0.2) is 11.6 Å². The molecule has 1 aromatic heterocycles. The topological polar surface area (TPSA) is 51.0 Å². The number of hydrogen-bond donors (Lipinski definition) is 1. The van der Waals surface area contributed by atoms with Crippen LogP contribution in [0.1, 0.15) is 31.2 Å². The molecule has 0 aliphatic carbocycles. The molecule has 0 saturated heterocycles. The van der Waals surface area contributed by atoms with Gasteiger partial charge < -0.3 is 9.84 Å². The fourth-order valence-electron chi connectivity index (χ4n) is 1.96. The van der Waals surface area contributed by atoms with Crippen molar-refractivity contribution >= 4 is 0 Å². The molecule has 0 radical (unpaired) electrons. The molecule has 0 spiro atoms. The zero-order chi connectivity index (χ0) is 17.9. The summed E-state index contributed by atoms with van der Waals surface area (Å²) in [4.78, 5) is 3.04. The Morgan fingerprint density at radius 3 is 2.54 bits per heavy atom. The van der Waals surface area contributed by atoms with Gasteiger partial charge in [0.25, 0.3) is 0 Å². The Hall–Kier alpha value is -2.45. The first-order valence-corrected chi connectivity index (χ1v) is 7.03. The predicted molar refractivity (Wildman–Crippen MR) is 75.5 cm³/mol. The lowest BCUT2D eigenvalue weighted by atomic mass is 10.1. The van der Waals surface area contributed by atoms with Gasteiger partial charge in [0.2, 0.25) is 5.82 Å². The lowest BCUT2D eigenvalue weighted by molar-refractivity contribution is -0.159. The summed E-state index contributed by atoms with van der Waals surface area (Å²) in [5.74, 6) is -4.83. The number of aromatic nitrogens is 2. The fourth-order valence-corrected chi connectivity index (χ4v) is 1.96. The van der Waals surface area contributed by atoms with E-state index in [0.29, 0.717) is 12.1 Å². The van der Waals surface area contributed by atoms with Crippen LogP contribution in [0.25, 0.3) is 11.4 Å². The van der Waals surface area contributed by atoms with Crippen molar-refractivity contribution in [3.63, 3.8) is 0 Å². The number of nitrogens with one attached hydrogen (secondary N) is 1. The highest BCUT2D eigenvalue weighted by Crippen LogP contribution is 2.31. The summed E-state index contributed by atoms with van der Waals surface area (Å²) in [6.45, 7) is 5.68. The molecule has 9 heteroatoms. The smallest absolute Gasteiger partial charge is 0.385 e. The minimum atomic E-state index is -4.86. The molecule has 0 fully saturated rings. The third-order valence-electron chi connectivity index (χ3n) is 3.15. The van der Waals surface area contributed by atoms with Gasteiger partial charge in [-0.15, -0.1) is 0 Å². The zero-order valence-corrected chi connectivity index (χ0v) is 12.7. The molecule has 2 aromatic rings.